The first-order valence-corrected chi connectivity index (χ1v) is 7.75. The monoisotopic (exact) mass is 302 g/mol. The van der Waals surface area contributed by atoms with Gasteiger partial charge in [0, 0.05) is 11.7 Å². The van der Waals surface area contributed by atoms with Crippen LogP contribution in [-0.2, 0) is 4.74 Å². The summed E-state index contributed by atoms with van der Waals surface area (Å²) in [6, 6.07) is 7.99. The van der Waals surface area contributed by atoms with Gasteiger partial charge in [-0.25, -0.2) is 4.79 Å². The highest BCUT2D eigenvalue weighted by Crippen LogP contribution is 2.30. The third-order valence-electron chi connectivity index (χ3n) is 3.76. The molecule has 1 aliphatic rings. The number of carbonyl (C=O) groups excluding carboxylic acids is 1. The maximum absolute atomic E-state index is 12.4. The largest absolute Gasteiger partial charge is 0.444 e. The molecule has 1 aromatic carbocycles. The number of nitrogens with zero attached hydrogens (tertiary/aromatic N) is 1. The number of ether oxygens (including phenoxy) is 1. The lowest BCUT2D eigenvalue weighted by Gasteiger charge is -2.38. The Morgan fingerprint density at radius 1 is 1.23 bits per heavy atom. The van der Waals surface area contributed by atoms with E-state index in [1.807, 2.05) is 56.9 Å². The molecule has 1 heterocycles. The molecule has 0 aromatic heterocycles. The second-order valence-corrected chi connectivity index (χ2v) is 7.00. The number of amides is 1. The summed E-state index contributed by atoms with van der Waals surface area (Å²) in [7, 11) is 0. The van der Waals surface area contributed by atoms with Gasteiger partial charge in [-0.3, -0.25) is 4.90 Å². The average molecular weight is 302 g/mol. The molecule has 0 aliphatic carbocycles. The summed E-state index contributed by atoms with van der Waals surface area (Å²) in [4.78, 5) is 14.2. The molecule has 4 heteroatoms. The minimum atomic E-state index is -0.475. The number of rotatable bonds is 1. The van der Waals surface area contributed by atoms with Gasteiger partial charge < -0.3 is 10.5 Å². The van der Waals surface area contributed by atoms with Crippen LogP contribution < -0.4 is 5.73 Å². The second-order valence-electron chi connectivity index (χ2n) is 7.00. The van der Waals surface area contributed by atoms with Crippen LogP contribution in [0.1, 0.15) is 46.6 Å². The molecule has 0 unspecified atom stereocenters. The maximum atomic E-state index is 12.4. The van der Waals surface area contributed by atoms with Gasteiger partial charge in [-0.15, -0.1) is 0 Å². The van der Waals surface area contributed by atoms with E-state index in [-0.39, 0.29) is 18.2 Å². The first kappa shape index (κ1) is 16.4. The summed E-state index contributed by atoms with van der Waals surface area (Å²) in [6.45, 7) is 9.75. The van der Waals surface area contributed by atoms with Gasteiger partial charge in [0.25, 0.3) is 0 Å². The quantitative estimate of drug-likeness (QED) is 0.796. The Kier molecular flexibility index (Phi) is 4.50. The van der Waals surface area contributed by atoms with Crippen molar-refractivity contribution in [3.63, 3.8) is 0 Å². The van der Waals surface area contributed by atoms with Crippen LogP contribution in [-0.4, -0.2) is 28.7 Å². The molecule has 0 saturated carbocycles. The fraction of sp³-hybridized carbons (Fsp3) is 0.500. The molecule has 1 aromatic rings. The van der Waals surface area contributed by atoms with Gasteiger partial charge >= 0.3 is 6.09 Å². The van der Waals surface area contributed by atoms with Gasteiger partial charge in [0.1, 0.15) is 5.60 Å². The molecule has 1 amide bonds. The number of benzene rings is 1. The van der Waals surface area contributed by atoms with Crippen LogP contribution in [0.4, 0.5) is 10.5 Å². The molecule has 0 radical (unpaired) electrons. The van der Waals surface area contributed by atoms with Crippen molar-refractivity contribution in [2.24, 2.45) is 0 Å². The van der Waals surface area contributed by atoms with Crippen LogP contribution in [0.2, 0.25) is 0 Å². The van der Waals surface area contributed by atoms with E-state index in [4.69, 9.17) is 10.5 Å². The third-order valence-corrected chi connectivity index (χ3v) is 3.76. The van der Waals surface area contributed by atoms with E-state index in [0.29, 0.717) is 0 Å². The van der Waals surface area contributed by atoms with Crippen LogP contribution in [0, 0.1) is 0 Å². The Hall–Kier alpha value is -1.97. The number of nitrogens with two attached hydrogens (primary N) is 1. The molecule has 0 bridgehead atoms. The average Bonchev–Trinajstić information content (AvgIpc) is 2.36. The van der Waals surface area contributed by atoms with Gasteiger partial charge in [0.15, 0.2) is 0 Å². The highest BCUT2D eigenvalue weighted by molar-refractivity contribution is 5.74. The van der Waals surface area contributed by atoms with Crippen molar-refractivity contribution < 1.29 is 9.53 Å². The van der Waals surface area contributed by atoms with Crippen molar-refractivity contribution in [3.8, 4) is 0 Å². The first-order chi connectivity index (χ1) is 10.2. The van der Waals surface area contributed by atoms with E-state index in [2.05, 4.69) is 13.0 Å². The number of carbonyl (C=O) groups is 1. The molecule has 4 nitrogen and oxygen atoms in total. The summed E-state index contributed by atoms with van der Waals surface area (Å²) in [5.41, 5.74) is 8.44. The Balaban J connectivity index is 2.19. The fourth-order valence-electron chi connectivity index (χ4n) is 2.83. The van der Waals surface area contributed by atoms with Crippen LogP contribution >= 0.6 is 0 Å². The summed E-state index contributed by atoms with van der Waals surface area (Å²) >= 11 is 0. The molecule has 0 spiro atoms. The Morgan fingerprint density at radius 2 is 1.82 bits per heavy atom. The zero-order valence-electron chi connectivity index (χ0n) is 14.1. The van der Waals surface area contributed by atoms with Crippen molar-refractivity contribution in [1.29, 1.82) is 0 Å². The van der Waals surface area contributed by atoms with Crippen molar-refractivity contribution in [2.45, 2.75) is 58.7 Å². The van der Waals surface area contributed by atoms with Crippen LogP contribution in [0.15, 0.2) is 30.3 Å². The fourth-order valence-corrected chi connectivity index (χ4v) is 2.83. The van der Waals surface area contributed by atoms with Crippen LogP contribution in [0.3, 0.4) is 0 Å². The van der Waals surface area contributed by atoms with Gasteiger partial charge in [0.2, 0.25) is 0 Å². The highest BCUT2D eigenvalue weighted by Gasteiger charge is 2.32. The summed E-state index contributed by atoms with van der Waals surface area (Å²) in [5.74, 6) is 0. The standard InChI is InChI=1S/C18H26N2O2/c1-12-10-15(14-6-8-16(19)9-7-14)11-13(2)20(12)17(21)22-18(3,4)5/h6-10,12-13H,11,19H2,1-5H3/t12-,13+/m1/s1. The van der Waals surface area contributed by atoms with Gasteiger partial charge in [-0.2, -0.15) is 0 Å². The van der Waals surface area contributed by atoms with E-state index in [1.54, 1.807) is 0 Å². The Bertz CT molecular complexity index is 570. The molecule has 0 saturated heterocycles. The molecular formula is C18H26N2O2. The maximum Gasteiger partial charge on any atom is 0.411 e. The van der Waals surface area contributed by atoms with Crippen LogP contribution in [0.5, 0.6) is 0 Å². The predicted octanol–water partition coefficient (Wildman–Crippen LogP) is 4.07. The minimum absolute atomic E-state index is 0.00570. The molecule has 2 rings (SSSR count). The predicted molar refractivity (Wildman–Crippen MR) is 90.4 cm³/mol. The van der Waals surface area contributed by atoms with E-state index < -0.39 is 5.60 Å². The number of nitrogen functional groups attached to an aromatic ring is 1. The lowest BCUT2D eigenvalue weighted by Crippen LogP contribution is -2.48. The minimum Gasteiger partial charge on any atom is -0.444 e. The number of anilines is 1. The van der Waals surface area contributed by atoms with Crippen molar-refractivity contribution >= 4 is 17.4 Å². The van der Waals surface area contributed by atoms with E-state index in [9.17, 15) is 4.79 Å². The molecule has 0 fully saturated rings. The summed E-state index contributed by atoms with van der Waals surface area (Å²) in [6.07, 6.45) is 2.70. The number of hydrogen-bond acceptors (Lipinski definition) is 3. The van der Waals surface area contributed by atoms with E-state index >= 15 is 0 Å². The Labute approximate surface area is 132 Å². The third kappa shape index (κ3) is 3.81. The molecule has 1 aliphatic heterocycles. The highest BCUT2D eigenvalue weighted by atomic mass is 16.6. The van der Waals surface area contributed by atoms with E-state index in [1.165, 1.54) is 5.57 Å². The zero-order valence-corrected chi connectivity index (χ0v) is 14.1. The lowest BCUT2D eigenvalue weighted by atomic mass is 9.92. The molecular weight excluding hydrogens is 276 g/mol. The zero-order chi connectivity index (χ0) is 16.5. The lowest BCUT2D eigenvalue weighted by molar-refractivity contribution is 0.0123. The molecule has 22 heavy (non-hydrogen) atoms. The molecule has 120 valence electrons. The van der Waals surface area contributed by atoms with Crippen LogP contribution in [0.25, 0.3) is 5.57 Å². The van der Waals surface area contributed by atoms with Gasteiger partial charge in [-0.05, 0) is 64.3 Å². The first-order valence-electron chi connectivity index (χ1n) is 7.75. The SMILES string of the molecule is C[C@@H]1C=C(c2ccc(N)cc2)C[C@H](C)N1C(=O)OC(C)(C)C. The van der Waals surface area contributed by atoms with E-state index in [0.717, 1.165) is 17.7 Å². The van der Waals surface area contributed by atoms with Crippen molar-refractivity contribution in [2.75, 3.05) is 5.73 Å². The van der Waals surface area contributed by atoms with Gasteiger partial charge in [0.05, 0.1) is 6.04 Å². The van der Waals surface area contributed by atoms with Crippen molar-refractivity contribution in [3.05, 3.63) is 35.9 Å². The second kappa shape index (κ2) is 6.03. The molecule has 2 atom stereocenters. The molecule has 2 N–H and O–H groups in total. The number of hydrogen-bond donors (Lipinski definition) is 1. The topological polar surface area (TPSA) is 55.6 Å². The van der Waals surface area contributed by atoms with Gasteiger partial charge in [-0.1, -0.05) is 18.2 Å². The smallest absolute Gasteiger partial charge is 0.411 e. The normalized spacial score (nSPS) is 22.2. The summed E-state index contributed by atoms with van der Waals surface area (Å²) in [5, 5.41) is 0. The Morgan fingerprint density at radius 3 is 2.32 bits per heavy atom. The van der Waals surface area contributed by atoms with Crippen molar-refractivity contribution in [1.82, 2.24) is 4.90 Å². The summed E-state index contributed by atoms with van der Waals surface area (Å²) < 4.78 is 5.52.